The summed E-state index contributed by atoms with van der Waals surface area (Å²) >= 11 is 0. The van der Waals surface area contributed by atoms with E-state index in [0.717, 1.165) is 12.2 Å². The Balaban J connectivity index is 4.37. The molecule has 58 valence electrons. The van der Waals surface area contributed by atoms with E-state index in [1.807, 2.05) is 0 Å². The molecule has 0 atom stereocenters. The van der Waals surface area contributed by atoms with Gasteiger partial charge in [-0.2, -0.15) is 10.5 Å². The van der Waals surface area contributed by atoms with Gasteiger partial charge >= 0.3 is 5.97 Å². The highest BCUT2D eigenvalue weighted by atomic mass is 16.5. The number of nitriles is 2. The van der Waals surface area contributed by atoms with Gasteiger partial charge in [-0.25, -0.2) is 4.79 Å². The lowest BCUT2D eigenvalue weighted by Crippen LogP contribution is -1.98. The molecule has 0 amide bonds. The number of hydrogen-bond donors (Lipinski definition) is 0. The normalized spacial score (nSPS) is 8.67. The SMILES string of the molecule is C=C=CC(=O)OC(C#N)=CC#N. The van der Waals surface area contributed by atoms with Crippen LogP contribution in [0.15, 0.2) is 30.2 Å². The van der Waals surface area contributed by atoms with Gasteiger partial charge in [-0.3, -0.25) is 0 Å². The first-order valence-corrected chi connectivity index (χ1v) is 2.82. The van der Waals surface area contributed by atoms with Crippen molar-refractivity contribution in [3.05, 3.63) is 30.2 Å². The number of carbonyl (C=O) groups is 1. The topological polar surface area (TPSA) is 73.9 Å². The molecule has 0 rings (SSSR count). The summed E-state index contributed by atoms with van der Waals surface area (Å²) in [5.41, 5.74) is 2.17. The number of esters is 1. The highest BCUT2D eigenvalue weighted by Crippen LogP contribution is 1.95. The van der Waals surface area contributed by atoms with Crippen LogP contribution in [0.1, 0.15) is 0 Å². The van der Waals surface area contributed by atoms with Crippen molar-refractivity contribution < 1.29 is 9.53 Å². The van der Waals surface area contributed by atoms with Crippen LogP contribution in [0.2, 0.25) is 0 Å². The predicted molar refractivity (Wildman–Crippen MR) is 39.1 cm³/mol. The van der Waals surface area contributed by atoms with Crippen molar-refractivity contribution >= 4 is 5.97 Å². The Morgan fingerprint density at radius 3 is 2.58 bits per heavy atom. The van der Waals surface area contributed by atoms with E-state index < -0.39 is 5.97 Å². The minimum absolute atomic E-state index is 0.353. The summed E-state index contributed by atoms with van der Waals surface area (Å²) in [7, 11) is 0. The summed E-state index contributed by atoms with van der Waals surface area (Å²) in [6.07, 6.45) is 1.75. The molecular weight excluding hydrogens is 156 g/mol. The first-order valence-electron chi connectivity index (χ1n) is 2.82. The van der Waals surface area contributed by atoms with Gasteiger partial charge in [-0.05, 0) is 0 Å². The van der Waals surface area contributed by atoms with Gasteiger partial charge in [0.15, 0.2) is 0 Å². The van der Waals surface area contributed by atoms with Gasteiger partial charge in [0.25, 0.3) is 0 Å². The van der Waals surface area contributed by atoms with Crippen LogP contribution in [0.4, 0.5) is 0 Å². The minimum atomic E-state index is -0.784. The van der Waals surface area contributed by atoms with Crippen molar-refractivity contribution in [2.45, 2.75) is 0 Å². The average molecular weight is 160 g/mol. The third-order valence-corrected chi connectivity index (χ3v) is 0.736. The Labute approximate surface area is 69.3 Å². The first kappa shape index (κ1) is 9.71. The third-order valence-electron chi connectivity index (χ3n) is 0.736. The van der Waals surface area contributed by atoms with Crippen LogP contribution in [0.5, 0.6) is 0 Å². The fourth-order valence-corrected chi connectivity index (χ4v) is 0.364. The molecule has 0 unspecified atom stereocenters. The lowest BCUT2D eigenvalue weighted by molar-refractivity contribution is -0.133. The third kappa shape index (κ3) is 3.68. The maximum Gasteiger partial charge on any atom is 0.344 e. The molecule has 0 fully saturated rings. The van der Waals surface area contributed by atoms with Gasteiger partial charge in [0.2, 0.25) is 5.76 Å². The van der Waals surface area contributed by atoms with Crippen LogP contribution in [-0.2, 0) is 9.53 Å². The number of rotatable bonds is 2. The second kappa shape index (κ2) is 5.49. The van der Waals surface area contributed by atoms with Crippen LogP contribution < -0.4 is 0 Å². The van der Waals surface area contributed by atoms with Crippen LogP contribution in [0.3, 0.4) is 0 Å². The monoisotopic (exact) mass is 160 g/mol. The van der Waals surface area contributed by atoms with E-state index in [2.05, 4.69) is 17.0 Å². The Kier molecular flexibility index (Phi) is 4.44. The van der Waals surface area contributed by atoms with Gasteiger partial charge in [0, 0.05) is 0 Å². The molecule has 0 bridgehead atoms. The number of allylic oxidation sites excluding steroid dienone is 2. The Morgan fingerprint density at radius 2 is 2.17 bits per heavy atom. The van der Waals surface area contributed by atoms with Crippen LogP contribution in [-0.4, -0.2) is 5.97 Å². The number of ether oxygens (including phenoxy) is 1. The van der Waals surface area contributed by atoms with E-state index in [0.29, 0.717) is 0 Å². The maximum atomic E-state index is 10.6. The molecule has 0 N–H and O–H groups in total. The lowest BCUT2D eigenvalue weighted by atomic mass is 10.5. The van der Waals surface area contributed by atoms with Crippen LogP contribution >= 0.6 is 0 Å². The van der Waals surface area contributed by atoms with Gasteiger partial charge < -0.3 is 4.74 Å². The van der Waals surface area contributed by atoms with Crippen molar-refractivity contribution in [3.8, 4) is 12.1 Å². The Morgan fingerprint density at radius 1 is 1.50 bits per heavy atom. The fraction of sp³-hybridized carbons (Fsp3) is 0. The van der Waals surface area contributed by atoms with Crippen LogP contribution in [0, 0.1) is 22.7 Å². The quantitative estimate of drug-likeness (QED) is 0.197. The maximum absolute atomic E-state index is 10.6. The summed E-state index contributed by atoms with van der Waals surface area (Å²) < 4.78 is 4.36. The molecule has 0 radical (unpaired) electrons. The molecule has 0 saturated heterocycles. The van der Waals surface area contributed by atoms with E-state index >= 15 is 0 Å². The van der Waals surface area contributed by atoms with E-state index in [-0.39, 0.29) is 5.76 Å². The summed E-state index contributed by atoms with van der Waals surface area (Å²) in [5, 5.41) is 16.4. The number of carbonyl (C=O) groups excluding carboxylic acids is 1. The molecule has 0 saturated carbocycles. The summed E-state index contributed by atoms with van der Waals surface area (Å²) in [5.74, 6) is -1.14. The zero-order valence-electron chi connectivity index (χ0n) is 6.07. The van der Waals surface area contributed by atoms with E-state index in [1.165, 1.54) is 6.07 Å². The van der Waals surface area contributed by atoms with E-state index in [1.54, 1.807) is 6.07 Å². The molecule has 0 aliphatic carbocycles. The highest BCUT2D eigenvalue weighted by Gasteiger charge is 2.00. The molecule has 12 heavy (non-hydrogen) atoms. The number of nitrogens with zero attached hydrogens (tertiary/aromatic N) is 2. The lowest BCUT2D eigenvalue weighted by Gasteiger charge is -1.93. The summed E-state index contributed by atoms with van der Waals surface area (Å²) in [6, 6.07) is 3.07. The molecule has 0 aromatic rings. The molecule has 0 aromatic carbocycles. The standard InChI is InChI=1S/C8H4N2O2/c1-2-3-8(11)12-7(6-10)4-5-9/h3-4H,1H2. The first-order chi connectivity index (χ1) is 5.74. The molecule has 4 heteroatoms. The fourth-order valence-electron chi connectivity index (χ4n) is 0.364. The molecule has 0 spiro atoms. The Hall–Kier alpha value is -2.29. The molecule has 0 aliphatic heterocycles. The molecule has 0 aromatic heterocycles. The van der Waals surface area contributed by atoms with Crippen molar-refractivity contribution in [1.82, 2.24) is 0 Å². The highest BCUT2D eigenvalue weighted by molar-refractivity contribution is 5.82. The summed E-state index contributed by atoms with van der Waals surface area (Å²) in [6.45, 7) is 3.13. The number of hydrogen-bond acceptors (Lipinski definition) is 4. The van der Waals surface area contributed by atoms with Crippen LogP contribution in [0.25, 0.3) is 0 Å². The van der Waals surface area contributed by atoms with Gasteiger partial charge in [0.05, 0.1) is 18.2 Å². The minimum Gasteiger partial charge on any atom is -0.411 e. The predicted octanol–water partition coefficient (Wildman–Crippen LogP) is 0.802. The van der Waals surface area contributed by atoms with Gasteiger partial charge in [0.1, 0.15) is 6.07 Å². The second-order valence-electron chi connectivity index (χ2n) is 1.52. The molecule has 4 nitrogen and oxygen atoms in total. The summed E-state index contributed by atoms with van der Waals surface area (Å²) in [4.78, 5) is 10.6. The molecular formula is C8H4N2O2. The smallest absolute Gasteiger partial charge is 0.344 e. The zero-order valence-corrected chi connectivity index (χ0v) is 6.07. The van der Waals surface area contributed by atoms with Crippen molar-refractivity contribution in [2.75, 3.05) is 0 Å². The molecule has 0 aliphatic rings. The van der Waals surface area contributed by atoms with Gasteiger partial charge in [-0.15, -0.1) is 5.73 Å². The van der Waals surface area contributed by atoms with E-state index in [4.69, 9.17) is 10.5 Å². The van der Waals surface area contributed by atoms with Crippen molar-refractivity contribution in [1.29, 1.82) is 10.5 Å². The van der Waals surface area contributed by atoms with Crippen molar-refractivity contribution in [2.24, 2.45) is 0 Å². The Bertz CT molecular complexity index is 335. The average Bonchev–Trinajstić information content (AvgIpc) is 2.04. The van der Waals surface area contributed by atoms with Gasteiger partial charge in [-0.1, -0.05) is 6.58 Å². The van der Waals surface area contributed by atoms with E-state index in [9.17, 15) is 4.79 Å². The zero-order chi connectivity index (χ0) is 9.40. The van der Waals surface area contributed by atoms with Crippen molar-refractivity contribution in [3.63, 3.8) is 0 Å². The largest absolute Gasteiger partial charge is 0.411 e. The second-order valence-corrected chi connectivity index (χ2v) is 1.52. The molecule has 0 heterocycles.